The second-order valence-electron chi connectivity index (χ2n) is 8.56. The number of amides is 3. The fraction of sp³-hybridized carbons (Fsp3) is 0.619. The lowest BCUT2D eigenvalue weighted by molar-refractivity contribution is -0.121. The fourth-order valence-corrected chi connectivity index (χ4v) is 5.68. The van der Waals surface area contributed by atoms with Crippen LogP contribution in [0.2, 0.25) is 0 Å². The first-order valence-corrected chi connectivity index (χ1v) is 12.0. The minimum Gasteiger partial charge on any atom is -0.331 e. The van der Waals surface area contributed by atoms with Crippen molar-refractivity contribution in [2.24, 2.45) is 11.8 Å². The molecular formula is C21H32N4O4S. The Bertz CT molecular complexity index is 861. The van der Waals surface area contributed by atoms with E-state index in [0.29, 0.717) is 50.6 Å². The third-order valence-corrected chi connectivity index (χ3v) is 7.78. The van der Waals surface area contributed by atoms with Crippen molar-refractivity contribution in [1.82, 2.24) is 14.1 Å². The molecule has 2 aliphatic rings. The van der Waals surface area contributed by atoms with Gasteiger partial charge in [-0.1, -0.05) is 6.92 Å². The zero-order valence-corrected chi connectivity index (χ0v) is 18.8. The molecule has 3 rings (SSSR count). The Balaban J connectivity index is 1.57. The number of nitrogens with zero attached hydrogens (tertiary/aromatic N) is 3. The van der Waals surface area contributed by atoms with Gasteiger partial charge in [-0.3, -0.25) is 4.79 Å². The normalized spacial score (nSPS) is 21.3. The van der Waals surface area contributed by atoms with Gasteiger partial charge in [-0.2, -0.15) is 4.31 Å². The van der Waals surface area contributed by atoms with E-state index in [1.807, 2.05) is 0 Å². The maximum atomic E-state index is 12.9. The first-order valence-electron chi connectivity index (χ1n) is 10.6. The second-order valence-corrected chi connectivity index (χ2v) is 10.5. The molecule has 2 saturated heterocycles. The van der Waals surface area contributed by atoms with Gasteiger partial charge in [0.05, 0.1) is 4.90 Å². The number of hydrogen-bond donors (Lipinski definition) is 1. The first-order chi connectivity index (χ1) is 14.2. The summed E-state index contributed by atoms with van der Waals surface area (Å²) in [5.41, 5.74) is 0.581. The number of anilines is 1. The molecule has 1 N–H and O–H groups in total. The molecule has 0 saturated carbocycles. The van der Waals surface area contributed by atoms with Gasteiger partial charge in [0.25, 0.3) is 0 Å². The van der Waals surface area contributed by atoms with E-state index in [2.05, 4.69) is 12.2 Å². The molecule has 30 heavy (non-hydrogen) atoms. The molecule has 0 aromatic heterocycles. The Morgan fingerprint density at radius 2 is 1.67 bits per heavy atom. The van der Waals surface area contributed by atoms with Crippen LogP contribution in [0.5, 0.6) is 0 Å². The summed E-state index contributed by atoms with van der Waals surface area (Å²) in [5.74, 6) is 0.119. The number of hydrogen-bond acceptors (Lipinski definition) is 4. The van der Waals surface area contributed by atoms with Crippen LogP contribution in [0.4, 0.5) is 10.5 Å². The summed E-state index contributed by atoms with van der Waals surface area (Å²) in [5, 5.41) is 2.88. The molecule has 8 nitrogen and oxygen atoms in total. The average molecular weight is 437 g/mol. The number of nitrogens with one attached hydrogen (secondary N) is 1. The molecule has 2 aliphatic heterocycles. The van der Waals surface area contributed by atoms with Gasteiger partial charge >= 0.3 is 6.03 Å². The van der Waals surface area contributed by atoms with E-state index < -0.39 is 10.0 Å². The van der Waals surface area contributed by atoms with Gasteiger partial charge in [0.15, 0.2) is 0 Å². The lowest BCUT2D eigenvalue weighted by atomic mass is 9.96. The number of rotatable bonds is 4. The monoisotopic (exact) mass is 436 g/mol. The summed E-state index contributed by atoms with van der Waals surface area (Å²) < 4.78 is 27.3. The van der Waals surface area contributed by atoms with Crippen molar-refractivity contribution in [3.05, 3.63) is 24.3 Å². The van der Waals surface area contributed by atoms with Crippen molar-refractivity contribution in [3.8, 4) is 0 Å². The van der Waals surface area contributed by atoms with Gasteiger partial charge in [-0.15, -0.1) is 0 Å². The smallest absolute Gasteiger partial charge is 0.319 e. The van der Waals surface area contributed by atoms with E-state index in [0.717, 1.165) is 12.8 Å². The van der Waals surface area contributed by atoms with E-state index in [9.17, 15) is 18.0 Å². The van der Waals surface area contributed by atoms with Crippen molar-refractivity contribution in [1.29, 1.82) is 0 Å². The van der Waals surface area contributed by atoms with E-state index in [1.54, 1.807) is 52.5 Å². The summed E-state index contributed by atoms with van der Waals surface area (Å²) >= 11 is 0. The van der Waals surface area contributed by atoms with Crippen molar-refractivity contribution in [3.63, 3.8) is 0 Å². The van der Waals surface area contributed by atoms with Gasteiger partial charge in [-0.05, 0) is 55.9 Å². The number of sulfonamides is 1. The summed E-state index contributed by atoms with van der Waals surface area (Å²) in [6, 6.07) is 6.37. The van der Waals surface area contributed by atoms with Crippen LogP contribution in [-0.4, -0.2) is 74.7 Å². The van der Waals surface area contributed by atoms with E-state index in [4.69, 9.17) is 0 Å². The Kier molecular flexibility index (Phi) is 7.02. The van der Waals surface area contributed by atoms with Crippen molar-refractivity contribution >= 4 is 27.6 Å². The Hall–Kier alpha value is -2.13. The molecule has 1 aromatic rings. The van der Waals surface area contributed by atoms with Gasteiger partial charge in [0.2, 0.25) is 15.9 Å². The molecule has 2 heterocycles. The highest BCUT2D eigenvalue weighted by Gasteiger charge is 2.30. The molecule has 9 heteroatoms. The lowest BCUT2D eigenvalue weighted by Gasteiger charge is -2.33. The summed E-state index contributed by atoms with van der Waals surface area (Å²) in [4.78, 5) is 28.2. The molecule has 1 atom stereocenters. The van der Waals surface area contributed by atoms with Crippen LogP contribution in [-0.2, 0) is 14.8 Å². The predicted molar refractivity (Wildman–Crippen MR) is 116 cm³/mol. The maximum absolute atomic E-state index is 12.9. The molecule has 1 aromatic carbocycles. The number of benzene rings is 1. The summed E-state index contributed by atoms with van der Waals surface area (Å²) in [6.45, 7) is 4.29. The molecule has 0 radical (unpaired) electrons. The molecule has 1 unspecified atom stereocenters. The van der Waals surface area contributed by atoms with Crippen LogP contribution in [0, 0.1) is 11.8 Å². The Morgan fingerprint density at radius 1 is 1.03 bits per heavy atom. The molecule has 2 fully saturated rings. The maximum Gasteiger partial charge on any atom is 0.319 e. The van der Waals surface area contributed by atoms with Gasteiger partial charge in [0, 0.05) is 51.9 Å². The highest BCUT2D eigenvalue weighted by atomic mass is 32.2. The van der Waals surface area contributed by atoms with Crippen LogP contribution in [0.25, 0.3) is 0 Å². The Labute approximate surface area is 179 Å². The second kappa shape index (κ2) is 9.34. The molecule has 166 valence electrons. The fourth-order valence-electron chi connectivity index (χ4n) is 4.08. The van der Waals surface area contributed by atoms with Crippen LogP contribution in [0.15, 0.2) is 29.2 Å². The van der Waals surface area contributed by atoms with Crippen molar-refractivity contribution < 1.29 is 18.0 Å². The highest BCUT2D eigenvalue weighted by Crippen LogP contribution is 2.25. The van der Waals surface area contributed by atoms with Gasteiger partial charge in [0.1, 0.15) is 0 Å². The molecule has 0 bridgehead atoms. The number of piperidine rings is 2. The van der Waals surface area contributed by atoms with Crippen LogP contribution in [0.3, 0.4) is 0 Å². The Morgan fingerprint density at radius 3 is 2.23 bits per heavy atom. The molecule has 0 spiro atoms. The lowest BCUT2D eigenvalue weighted by Crippen LogP contribution is -2.45. The minimum atomic E-state index is -3.50. The first kappa shape index (κ1) is 22.6. The van der Waals surface area contributed by atoms with Crippen molar-refractivity contribution in [2.45, 2.75) is 37.5 Å². The summed E-state index contributed by atoms with van der Waals surface area (Å²) in [6.07, 6.45) is 3.17. The van der Waals surface area contributed by atoms with E-state index >= 15 is 0 Å². The largest absolute Gasteiger partial charge is 0.331 e. The third-order valence-electron chi connectivity index (χ3n) is 5.90. The predicted octanol–water partition coefficient (Wildman–Crippen LogP) is 2.44. The van der Waals surface area contributed by atoms with E-state index in [-0.39, 0.29) is 22.8 Å². The number of carbonyl (C=O) groups excluding carboxylic acids is 2. The number of urea groups is 1. The standard InChI is InChI=1S/C21H32N4O4S/c1-16-5-4-12-25(15-16)30(28,29)19-8-6-18(7-9-19)22-20(26)17-10-13-24(14-11-17)21(27)23(2)3/h6-9,16-17H,4-5,10-15H2,1-3H3,(H,22,26). The molecule has 0 aliphatic carbocycles. The highest BCUT2D eigenvalue weighted by molar-refractivity contribution is 7.89. The third kappa shape index (κ3) is 5.13. The molecule has 3 amide bonds. The average Bonchev–Trinajstić information content (AvgIpc) is 2.73. The zero-order valence-electron chi connectivity index (χ0n) is 18.0. The van der Waals surface area contributed by atoms with Crippen molar-refractivity contribution in [2.75, 3.05) is 45.6 Å². The van der Waals surface area contributed by atoms with Crippen LogP contribution >= 0.6 is 0 Å². The number of likely N-dealkylation sites (tertiary alicyclic amines) is 1. The van der Waals surface area contributed by atoms with Crippen LogP contribution in [0.1, 0.15) is 32.6 Å². The van der Waals surface area contributed by atoms with Crippen LogP contribution < -0.4 is 5.32 Å². The quantitative estimate of drug-likeness (QED) is 0.785. The number of carbonyl (C=O) groups is 2. The van der Waals surface area contributed by atoms with Gasteiger partial charge < -0.3 is 15.1 Å². The van der Waals surface area contributed by atoms with Gasteiger partial charge in [-0.25, -0.2) is 13.2 Å². The SMILES string of the molecule is CC1CCCN(S(=O)(=O)c2ccc(NC(=O)C3CCN(C(=O)N(C)C)CC3)cc2)C1. The summed E-state index contributed by atoms with van der Waals surface area (Å²) in [7, 11) is -0.0646. The topological polar surface area (TPSA) is 90.0 Å². The zero-order chi connectivity index (χ0) is 21.9. The minimum absolute atomic E-state index is 0.0336. The van der Waals surface area contributed by atoms with E-state index in [1.165, 1.54) is 0 Å². The molecular weight excluding hydrogens is 404 g/mol.